The maximum atomic E-state index is 10.9. The first-order chi connectivity index (χ1) is 8.40. The van der Waals surface area contributed by atoms with Crippen LogP contribution >= 0.6 is 0 Å². The molecular formula is C13H21NO3S. The van der Waals surface area contributed by atoms with E-state index in [2.05, 4.69) is 6.92 Å². The molecule has 0 saturated heterocycles. The lowest BCUT2D eigenvalue weighted by molar-refractivity contribution is 0.272. The summed E-state index contributed by atoms with van der Waals surface area (Å²) >= 11 is 0. The highest BCUT2D eigenvalue weighted by Crippen LogP contribution is 2.14. The zero-order valence-corrected chi connectivity index (χ0v) is 11.7. The molecule has 0 aromatic heterocycles. The van der Waals surface area contributed by atoms with Gasteiger partial charge in [-0.2, -0.15) is 0 Å². The molecule has 4 nitrogen and oxygen atoms in total. The molecule has 0 radical (unpaired) electrons. The molecule has 0 aliphatic heterocycles. The van der Waals surface area contributed by atoms with Gasteiger partial charge in [0.15, 0.2) is 0 Å². The predicted molar refractivity (Wildman–Crippen MR) is 73.1 cm³/mol. The van der Waals surface area contributed by atoms with Crippen LogP contribution in [-0.2, 0) is 16.4 Å². The summed E-state index contributed by atoms with van der Waals surface area (Å²) in [6.45, 7) is 4.29. The molecule has 1 aromatic rings. The third-order valence-electron chi connectivity index (χ3n) is 2.51. The SMILES string of the molecule is CCCc1ccc(OCC(C)CS(N)(=O)=O)cc1. The summed E-state index contributed by atoms with van der Waals surface area (Å²) in [4.78, 5) is 0. The van der Waals surface area contributed by atoms with Gasteiger partial charge in [-0.15, -0.1) is 0 Å². The van der Waals surface area contributed by atoms with Crippen molar-refractivity contribution in [2.45, 2.75) is 26.7 Å². The third kappa shape index (κ3) is 6.02. The van der Waals surface area contributed by atoms with E-state index >= 15 is 0 Å². The minimum Gasteiger partial charge on any atom is -0.493 e. The number of hydrogen-bond acceptors (Lipinski definition) is 3. The Bertz CT molecular complexity index is 454. The second kappa shape index (κ2) is 6.75. The Morgan fingerprint density at radius 1 is 1.28 bits per heavy atom. The van der Waals surface area contributed by atoms with Crippen LogP contribution < -0.4 is 9.88 Å². The summed E-state index contributed by atoms with van der Waals surface area (Å²) in [7, 11) is -3.42. The zero-order valence-electron chi connectivity index (χ0n) is 10.9. The normalized spacial score (nSPS) is 13.3. The molecule has 0 aliphatic rings. The van der Waals surface area contributed by atoms with E-state index in [1.165, 1.54) is 5.56 Å². The van der Waals surface area contributed by atoms with Crippen molar-refractivity contribution in [2.75, 3.05) is 12.4 Å². The average molecular weight is 271 g/mol. The minimum atomic E-state index is -3.42. The van der Waals surface area contributed by atoms with Crippen LogP contribution in [0.5, 0.6) is 5.75 Å². The summed E-state index contributed by atoms with van der Waals surface area (Å²) < 4.78 is 27.3. The highest BCUT2D eigenvalue weighted by Gasteiger charge is 2.11. The molecule has 0 amide bonds. The molecule has 1 rings (SSSR count). The second-order valence-electron chi connectivity index (χ2n) is 4.64. The molecule has 0 aliphatic carbocycles. The molecule has 1 atom stereocenters. The average Bonchev–Trinajstić information content (AvgIpc) is 2.26. The van der Waals surface area contributed by atoms with Crippen LogP contribution in [0.4, 0.5) is 0 Å². The molecule has 0 spiro atoms. The fourth-order valence-electron chi connectivity index (χ4n) is 1.72. The Balaban J connectivity index is 2.43. The lowest BCUT2D eigenvalue weighted by Crippen LogP contribution is -2.25. The van der Waals surface area contributed by atoms with E-state index in [4.69, 9.17) is 9.88 Å². The zero-order chi connectivity index (χ0) is 13.6. The van der Waals surface area contributed by atoms with Crippen molar-refractivity contribution in [1.82, 2.24) is 0 Å². The van der Waals surface area contributed by atoms with Gasteiger partial charge in [-0.05, 0) is 24.1 Å². The first kappa shape index (κ1) is 15.0. The molecule has 18 heavy (non-hydrogen) atoms. The van der Waals surface area contributed by atoms with Crippen molar-refractivity contribution in [3.05, 3.63) is 29.8 Å². The van der Waals surface area contributed by atoms with Crippen molar-refractivity contribution in [3.63, 3.8) is 0 Å². The van der Waals surface area contributed by atoms with E-state index in [0.717, 1.165) is 18.6 Å². The van der Waals surface area contributed by atoms with Crippen molar-refractivity contribution < 1.29 is 13.2 Å². The monoisotopic (exact) mass is 271 g/mol. The molecule has 0 heterocycles. The lowest BCUT2D eigenvalue weighted by Gasteiger charge is -2.12. The Kier molecular flexibility index (Phi) is 5.62. The molecule has 5 heteroatoms. The summed E-state index contributed by atoms with van der Waals surface area (Å²) in [6, 6.07) is 7.88. The van der Waals surface area contributed by atoms with Crippen molar-refractivity contribution in [1.29, 1.82) is 0 Å². The predicted octanol–water partition coefficient (Wildman–Crippen LogP) is 1.94. The fourth-order valence-corrected chi connectivity index (χ4v) is 2.61. The van der Waals surface area contributed by atoms with E-state index < -0.39 is 10.0 Å². The van der Waals surface area contributed by atoms with Crippen LogP contribution in [0, 0.1) is 5.92 Å². The first-order valence-corrected chi connectivity index (χ1v) is 7.84. The highest BCUT2D eigenvalue weighted by atomic mass is 32.2. The van der Waals surface area contributed by atoms with E-state index in [9.17, 15) is 8.42 Å². The Labute approximate surface area is 109 Å². The van der Waals surface area contributed by atoms with Crippen LogP contribution in [-0.4, -0.2) is 20.8 Å². The number of sulfonamides is 1. The van der Waals surface area contributed by atoms with Crippen LogP contribution in [0.25, 0.3) is 0 Å². The molecule has 1 unspecified atom stereocenters. The Hall–Kier alpha value is -1.07. The molecule has 0 bridgehead atoms. The number of benzene rings is 1. The molecule has 2 N–H and O–H groups in total. The largest absolute Gasteiger partial charge is 0.493 e. The Morgan fingerprint density at radius 2 is 1.89 bits per heavy atom. The molecular weight excluding hydrogens is 250 g/mol. The molecule has 0 saturated carbocycles. The quantitative estimate of drug-likeness (QED) is 0.824. The third-order valence-corrected chi connectivity index (χ3v) is 3.55. The minimum absolute atomic E-state index is 0.0546. The number of aryl methyl sites for hydroxylation is 1. The highest BCUT2D eigenvalue weighted by molar-refractivity contribution is 7.89. The number of hydrogen-bond donors (Lipinski definition) is 1. The van der Waals surface area contributed by atoms with Crippen LogP contribution in [0.15, 0.2) is 24.3 Å². The summed E-state index contributed by atoms with van der Waals surface area (Å²) in [5, 5.41) is 4.98. The standard InChI is InChI=1S/C13H21NO3S/c1-3-4-12-5-7-13(8-6-12)17-9-11(2)10-18(14,15)16/h5-8,11H,3-4,9-10H2,1-2H3,(H2,14,15,16). The van der Waals surface area contributed by atoms with Gasteiger partial charge in [-0.1, -0.05) is 32.4 Å². The van der Waals surface area contributed by atoms with Gasteiger partial charge in [-0.3, -0.25) is 0 Å². The Morgan fingerprint density at radius 3 is 2.39 bits per heavy atom. The summed E-state index contributed by atoms with van der Waals surface area (Å²) in [5.74, 6) is 0.590. The van der Waals surface area contributed by atoms with Crippen LogP contribution in [0.1, 0.15) is 25.8 Å². The van der Waals surface area contributed by atoms with Gasteiger partial charge >= 0.3 is 0 Å². The van der Waals surface area contributed by atoms with E-state index in [1.807, 2.05) is 24.3 Å². The molecule has 102 valence electrons. The summed E-state index contributed by atoms with van der Waals surface area (Å²) in [5.41, 5.74) is 1.28. The fraction of sp³-hybridized carbons (Fsp3) is 0.538. The maximum absolute atomic E-state index is 10.9. The van der Waals surface area contributed by atoms with Crippen molar-refractivity contribution >= 4 is 10.0 Å². The van der Waals surface area contributed by atoms with Gasteiger partial charge in [-0.25, -0.2) is 13.6 Å². The van der Waals surface area contributed by atoms with Crippen molar-refractivity contribution in [2.24, 2.45) is 11.1 Å². The van der Waals surface area contributed by atoms with Crippen LogP contribution in [0.3, 0.4) is 0 Å². The van der Waals surface area contributed by atoms with Gasteiger partial charge < -0.3 is 4.74 Å². The number of ether oxygens (including phenoxy) is 1. The second-order valence-corrected chi connectivity index (χ2v) is 6.30. The molecule has 0 fully saturated rings. The van der Waals surface area contributed by atoms with Gasteiger partial charge in [0, 0.05) is 5.92 Å². The molecule has 1 aromatic carbocycles. The van der Waals surface area contributed by atoms with Crippen molar-refractivity contribution in [3.8, 4) is 5.75 Å². The van der Waals surface area contributed by atoms with E-state index in [-0.39, 0.29) is 11.7 Å². The number of rotatable bonds is 7. The lowest BCUT2D eigenvalue weighted by atomic mass is 10.1. The van der Waals surface area contributed by atoms with Gasteiger partial charge in [0.25, 0.3) is 0 Å². The van der Waals surface area contributed by atoms with E-state index in [1.54, 1.807) is 6.92 Å². The van der Waals surface area contributed by atoms with Crippen LogP contribution in [0.2, 0.25) is 0 Å². The van der Waals surface area contributed by atoms with E-state index in [0.29, 0.717) is 6.61 Å². The van der Waals surface area contributed by atoms with Gasteiger partial charge in [0.2, 0.25) is 10.0 Å². The topological polar surface area (TPSA) is 69.4 Å². The van der Waals surface area contributed by atoms with Gasteiger partial charge in [0.1, 0.15) is 5.75 Å². The first-order valence-electron chi connectivity index (χ1n) is 6.13. The summed E-state index contributed by atoms with van der Waals surface area (Å²) in [6.07, 6.45) is 2.17. The number of nitrogens with two attached hydrogens (primary N) is 1. The number of primary sulfonamides is 1. The smallest absolute Gasteiger partial charge is 0.209 e. The van der Waals surface area contributed by atoms with Gasteiger partial charge in [0.05, 0.1) is 12.4 Å². The maximum Gasteiger partial charge on any atom is 0.209 e.